The van der Waals surface area contributed by atoms with E-state index in [1.54, 1.807) is 12.1 Å². The number of rotatable bonds is 0. The summed E-state index contributed by atoms with van der Waals surface area (Å²) in [6.07, 6.45) is 1.97. The van der Waals surface area contributed by atoms with Crippen LogP contribution in [0.15, 0.2) is 54.7 Å². The first-order chi connectivity index (χ1) is 11.6. The molecule has 4 aromatic rings. The van der Waals surface area contributed by atoms with Crippen LogP contribution in [0.2, 0.25) is 0 Å². The summed E-state index contributed by atoms with van der Waals surface area (Å²) in [5, 5.41) is 4.07. The Kier molecular flexibility index (Phi) is 2.55. The second-order valence-corrected chi connectivity index (χ2v) is 6.36. The van der Waals surface area contributed by atoms with E-state index in [1.165, 1.54) is 17.2 Å². The number of pyridine rings is 1. The maximum Gasteiger partial charge on any atom is 0.257 e. The lowest BCUT2D eigenvalue weighted by molar-refractivity contribution is -0.659. The molecule has 1 aliphatic heterocycles. The standard InChI is InChI=1S/C21H15FNO/c1-12-6-7-13-4-3-5-17-19(13)18(12)20-21(24-17)16-9-8-15(22)10-14(16)11-23(20)2/h3-11H,1-2H3/q+1. The van der Waals surface area contributed by atoms with Crippen molar-refractivity contribution in [2.24, 2.45) is 7.05 Å². The molecule has 0 radical (unpaired) electrons. The highest BCUT2D eigenvalue weighted by molar-refractivity contribution is 6.06. The summed E-state index contributed by atoms with van der Waals surface area (Å²) >= 11 is 0. The van der Waals surface area contributed by atoms with Crippen LogP contribution in [-0.2, 0) is 7.05 Å². The number of ether oxygens (including phenoxy) is 1. The zero-order valence-corrected chi connectivity index (χ0v) is 13.4. The molecular weight excluding hydrogens is 301 g/mol. The van der Waals surface area contributed by atoms with Crippen molar-refractivity contribution >= 4 is 21.5 Å². The van der Waals surface area contributed by atoms with E-state index in [0.29, 0.717) is 0 Å². The number of fused-ring (bicyclic) bond motifs is 4. The average Bonchev–Trinajstić information content (AvgIpc) is 2.57. The lowest BCUT2D eigenvalue weighted by Gasteiger charge is -2.21. The predicted molar refractivity (Wildman–Crippen MR) is 92.8 cm³/mol. The van der Waals surface area contributed by atoms with Gasteiger partial charge in [-0.3, -0.25) is 0 Å². The molecule has 2 nitrogen and oxygen atoms in total. The number of halogens is 1. The van der Waals surface area contributed by atoms with Gasteiger partial charge in [0.05, 0.1) is 10.9 Å². The first-order valence-electron chi connectivity index (χ1n) is 7.96. The Morgan fingerprint density at radius 3 is 2.75 bits per heavy atom. The topological polar surface area (TPSA) is 13.1 Å². The maximum atomic E-state index is 13.6. The van der Waals surface area contributed by atoms with Gasteiger partial charge in [-0.15, -0.1) is 0 Å². The van der Waals surface area contributed by atoms with Crippen molar-refractivity contribution in [3.63, 3.8) is 0 Å². The van der Waals surface area contributed by atoms with Gasteiger partial charge in [-0.05, 0) is 42.1 Å². The van der Waals surface area contributed by atoms with E-state index in [2.05, 4.69) is 25.1 Å². The molecule has 0 N–H and O–H groups in total. The van der Waals surface area contributed by atoms with Crippen molar-refractivity contribution in [3.05, 3.63) is 66.1 Å². The Bertz CT molecular complexity index is 1160. The Balaban J connectivity index is 2.01. The molecule has 0 amide bonds. The molecular formula is C21H15FNO+. The normalized spacial score (nSPS) is 12.3. The Morgan fingerprint density at radius 2 is 1.88 bits per heavy atom. The molecule has 0 spiro atoms. The van der Waals surface area contributed by atoms with Gasteiger partial charge in [-0.2, -0.15) is 4.57 Å². The van der Waals surface area contributed by atoms with Crippen LogP contribution in [0, 0.1) is 12.7 Å². The Hall–Kier alpha value is -2.94. The molecule has 0 saturated heterocycles. The fourth-order valence-corrected chi connectivity index (χ4v) is 3.75. The summed E-state index contributed by atoms with van der Waals surface area (Å²) in [4.78, 5) is 0. The van der Waals surface area contributed by atoms with Crippen LogP contribution in [0.25, 0.3) is 32.8 Å². The Morgan fingerprint density at radius 1 is 1.00 bits per heavy atom. The van der Waals surface area contributed by atoms with Gasteiger partial charge in [0, 0.05) is 10.8 Å². The van der Waals surface area contributed by atoms with Gasteiger partial charge in [-0.25, -0.2) is 4.39 Å². The summed E-state index contributed by atoms with van der Waals surface area (Å²) in [5.41, 5.74) is 3.44. The number of aryl methyl sites for hydroxylation is 2. The molecule has 1 aromatic heterocycles. The third-order valence-electron chi connectivity index (χ3n) is 4.82. The highest BCUT2D eigenvalue weighted by Crippen LogP contribution is 2.48. The quantitative estimate of drug-likeness (QED) is 0.365. The molecule has 2 heterocycles. The fraction of sp³-hybridized carbons (Fsp3) is 0.0952. The minimum absolute atomic E-state index is 0.239. The fourth-order valence-electron chi connectivity index (χ4n) is 3.75. The molecule has 1 aliphatic rings. The molecule has 0 aliphatic carbocycles. The SMILES string of the molecule is Cc1ccc2cccc3c2c1-c1c(c2ccc(F)cc2c[n+]1C)O3. The van der Waals surface area contributed by atoms with E-state index >= 15 is 0 Å². The van der Waals surface area contributed by atoms with E-state index in [9.17, 15) is 4.39 Å². The van der Waals surface area contributed by atoms with Crippen molar-refractivity contribution in [3.8, 4) is 22.8 Å². The highest BCUT2D eigenvalue weighted by Gasteiger charge is 2.30. The van der Waals surface area contributed by atoms with Crippen LogP contribution < -0.4 is 9.30 Å². The van der Waals surface area contributed by atoms with Crippen LogP contribution >= 0.6 is 0 Å². The second kappa shape index (κ2) is 4.54. The smallest absolute Gasteiger partial charge is 0.257 e. The number of benzene rings is 3. The van der Waals surface area contributed by atoms with Crippen LogP contribution in [0.3, 0.4) is 0 Å². The second-order valence-electron chi connectivity index (χ2n) is 6.36. The summed E-state index contributed by atoms with van der Waals surface area (Å²) in [6.45, 7) is 2.12. The highest BCUT2D eigenvalue weighted by atomic mass is 19.1. The molecule has 3 heteroatoms. The molecule has 116 valence electrons. The largest absolute Gasteiger partial charge is 0.449 e. The van der Waals surface area contributed by atoms with Gasteiger partial charge in [0.15, 0.2) is 6.20 Å². The van der Waals surface area contributed by atoms with E-state index in [-0.39, 0.29) is 5.82 Å². The van der Waals surface area contributed by atoms with E-state index in [1.807, 2.05) is 29.9 Å². The van der Waals surface area contributed by atoms with E-state index in [4.69, 9.17) is 4.74 Å². The molecule has 0 saturated carbocycles. The van der Waals surface area contributed by atoms with Gasteiger partial charge >= 0.3 is 0 Å². The van der Waals surface area contributed by atoms with Crippen molar-refractivity contribution in [1.29, 1.82) is 0 Å². The molecule has 0 unspecified atom stereocenters. The molecule has 5 rings (SSSR count). The first kappa shape index (κ1) is 13.5. The first-order valence-corrected chi connectivity index (χ1v) is 7.96. The maximum absolute atomic E-state index is 13.6. The average molecular weight is 316 g/mol. The van der Waals surface area contributed by atoms with Crippen LogP contribution in [0.5, 0.6) is 11.5 Å². The van der Waals surface area contributed by atoms with Crippen molar-refractivity contribution < 1.29 is 13.7 Å². The van der Waals surface area contributed by atoms with E-state index < -0.39 is 0 Å². The number of hydrogen-bond donors (Lipinski definition) is 0. The van der Waals surface area contributed by atoms with Crippen molar-refractivity contribution in [2.75, 3.05) is 0 Å². The van der Waals surface area contributed by atoms with Gasteiger partial charge < -0.3 is 4.74 Å². The van der Waals surface area contributed by atoms with Gasteiger partial charge in [-0.1, -0.05) is 24.3 Å². The van der Waals surface area contributed by atoms with Crippen LogP contribution in [-0.4, -0.2) is 0 Å². The van der Waals surface area contributed by atoms with E-state index in [0.717, 1.165) is 38.7 Å². The minimum atomic E-state index is -0.239. The lowest BCUT2D eigenvalue weighted by Crippen LogP contribution is -2.32. The summed E-state index contributed by atoms with van der Waals surface area (Å²) in [6, 6.07) is 15.2. The summed E-state index contributed by atoms with van der Waals surface area (Å²) in [7, 11) is 1.98. The molecule has 3 aromatic carbocycles. The minimum Gasteiger partial charge on any atom is -0.449 e. The van der Waals surface area contributed by atoms with Gasteiger partial charge in [0.25, 0.3) is 5.69 Å². The molecule has 0 bridgehead atoms. The molecule has 24 heavy (non-hydrogen) atoms. The van der Waals surface area contributed by atoms with Crippen molar-refractivity contribution in [2.45, 2.75) is 6.92 Å². The number of hydrogen-bond acceptors (Lipinski definition) is 1. The zero-order chi connectivity index (χ0) is 16.4. The monoisotopic (exact) mass is 316 g/mol. The number of nitrogens with zero attached hydrogens (tertiary/aromatic N) is 1. The van der Waals surface area contributed by atoms with Crippen molar-refractivity contribution in [1.82, 2.24) is 0 Å². The summed E-state index contributed by atoms with van der Waals surface area (Å²) < 4.78 is 22.0. The third-order valence-corrected chi connectivity index (χ3v) is 4.82. The van der Waals surface area contributed by atoms with Crippen LogP contribution in [0.4, 0.5) is 4.39 Å². The summed E-state index contributed by atoms with van der Waals surface area (Å²) in [5.74, 6) is 1.41. The third kappa shape index (κ3) is 1.67. The van der Waals surface area contributed by atoms with Crippen LogP contribution in [0.1, 0.15) is 5.56 Å². The lowest BCUT2D eigenvalue weighted by atomic mass is 9.92. The van der Waals surface area contributed by atoms with Gasteiger partial charge in [0.2, 0.25) is 5.75 Å². The zero-order valence-electron chi connectivity index (χ0n) is 13.4. The molecule has 0 atom stereocenters. The molecule has 0 fully saturated rings. The van der Waals surface area contributed by atoms with Gasteiger partial charge in [0.1, 0.15) is 18.6 Å². The predicted octanol–water partition coefficient (Wildman–Crippen LogP) is 5.04. The Labute approximate surface area is 138 Å². The number of aromatic nitrogens is 1.